The van der Waals surface area contributed by atoms with Gasteiger partial charge in [0.2, 0.25) is 11.8 Å². The zero-order valence-corrected chi connectivity index (χ0v) is 17.1. The number of likely N-dealkylation sites (tertiary alicyclic amines) is 1. The number of nitrogens with zero attached hydrogens (tertiary/aromatic N) is 6. The molecule has 0 spiro atoms. The van der Waals surface area contributed by atoms with Gasteiger partial charge in [-0.15, -0.1) is 0 Å². The number of aryl methyl sites for hydroxylation is 2. The Morgan fingerprint density at radius 3 is 2.69 bits per heavy atom. The number of carbonyl (C=O) groups excluding carboxylic acids is 2. The summed E-state index contributed by atoms with van der Waals surface area (Å²) < 4.78 is 7.21. The topological polar surface area (TPSA) is 87.7 Å². The number of carbonyl (C=O) groups is 2. The maximum atomic E-state index is 12.9. The maximum Gasteiger partial charge on any atom is 0.271 e. The predicted molar refractivity (Wildman–Crippen MR) is 105 cm³/mol. The largest absolute Gasteiger partial charge is 0.347 e. The first-order chi connectivity index (χ1) is 14.0. The third kappa shape index (κ3) is 4.19. The summed E-state index contributed by atoms with van der Waals surface area (Å²) in [5, 5.41) is 4.12. The summed E-state index contributed by atoms with van der Waals surface area (Å²) in [6.07, 6.45) is 4.38. The van der Waals surface area contributed by atoms with E-state index in [1.165, 1.54) is 0 Å². The van der Waals surface area contributed by atoms with Crippen LogP contribution in [0.3, 0.4) is 0 Å². The van der Waals surface area contributed by atoms with Gasteiger partial charge in [-0.1, -0.05) is 5.16 Å². The molecule has 0 N–H and O–H groups in total. The van der Waals surface area contributed by atoms with Crippen molar-refractivity contribution in [1.29, 1.82) is 0 Å². The van der Waals surface area contributed by atoms with Crippen LogP contribution in [0.25, 0.3) is 0 Å². The molecular formula is C20H28N6O3. The molecule has 2 aliphatic heterocycles. The molecule has 2 aliphatic rings. The van der Waals surface area contributed by atoms with Crippen LogP contribution in [-0.2, 0) is 18.3 Å². The van der Waals surface area contributed by atoms with E-state index in [2.05, 4.69) is 22.1 Å². The summed E-state index contributed by atoms with van der Waals surface area (Å²) in [5.41, 5.74) is 0.651. The molecule has 0 saturated carbocycles. The van der Waals surface area contributed by atoms with E-state index in [4.69, 9.17) is 4.52 Å². The standard InChI is InChI=1S/C20H28N6O3/c1-23-11-13-25(14-12-23)18(27)8-7-17-21-19(22-29-17)15-5-4-10-26(15)20(28)16-6-3-9-24(16)2/h3,6,9,15H,4-5,7-8,10-14H2,1-2H3. The van der Waals surface area contributed by atoms with E-state index < -0.39 is 0 Å². The smallest absolute Gasteiger partial charge is 0.271 e. The van der Waals surface area contributed by atoms with Crippen LogP contribution < -0.4 is 0 Å². The van der Waals surface area contributed by atoms with Crippen LogP contribution in [0.4, 0.5) is 0 Å². The highest BCUT2D eigenvalue weighted by molar-refractivity contribution is 5.93. The summed E-state index contributed by atoms with van der Waals surface area (Å²) in [6, 6.07) is 3.51. The van der Waals surface area contributed by atoms with Crippen LogP contribution in [0, 0.1) is 0 Å². The maximum absolute atomic E-state index is 12.9. The summed E-state index contributed by atoms with van der Waals surface area (Å²) in [7, 11) is 3.93. The lowest BCUT2D eigenvalue weighted by Gasteiger charge is -2.32. The van der Waals surface area contributed by atoms with Crippen LogP contribution in [0.5, 0.6) is 0 Å². The summed E-state index contributed by atoms with van der Waals surface area (Å²) in [5.74, 6) is 1.10. The van der Waals surface area contributed by atoms with Gasteiger partial charge < -0.3 is 23.8 Å². The van der Waals surface area contributed by atoms with E-state index in [0.717, 1.165) is 39.0 Å². The molecule has 2 saturated heterocycles. The molecule has 29 heavy (non-hydrogen) atoms. The third-order valence-electron chi connectivity index (χ3n) is 5.87. The Kier molecular flexibility index (Phi) is 5.66. The van der Waals surface area contributed by atoms with Crippen LogP contribution in [0.2, 0.25) is 0 Å². The second kappa shape index (κ2) is 8.36. The fourth-order valence-electron chi connectivity index (χ4n) is 4.04. The van der Waals surface area contributed by atoms with E-state index in [0.29, 0.717) is 36.8 Å². The van der Waals surface area contributed by atoms with Crippen LogP contribution in [-0.4, -0.2) is 81.0 Å². The molecule has 0 aromatic carbocycles. The second-order valence-corrected chi connectivity index (χ2v) is 7.89. The molecule has 0 aliphatic carbocycles. The number of rotatable bonds is 5. The van der Waals surface area contributed by atoms with Gasteiger partial charge in [0.05, 0.1) is 6.04 Å². The van der Waals surface area contributed by atoms with Gasteiger partial charge in [0.1, 0.15) is 5.69 Å². The van der Waals surface area contributed by atoms with Crippen molar-refractivity contribution in [2.75, 3.05) is 39.8 Å². The van der Waals surface area contributed by atoms with Gasteiger partial charge in [-0.05, 0) is 32.0 Å². The number of piperazine rings is 1. The Bertz CT molecular complexity index is 867. The van der Waals surface area contributed by atoms with Gasteiger partial charge in [0.25, 0.3) is 5.91 Å². The third-order valence-corrected chi connectivity index (χ3v) is 5.87. The lowest BCUT2D eigenvalue weighted by molar-refractivity contribution is -0.132. The van der Waals surface area contributed by atoms with E-state index in [9.17, 15) is 9.59 Å². The SMILES string of the molecule is CN1CCN(C(=O)CCc2nc(C3CCCN3C(=O)c3cccn3C)no2)CC1. The Hall–Kier alpha value is -2.68. The number of hydrogen-bond donors (Lipinski definition) is 0. The minimum atomic E-state index is -0.178. The molecule has 9 nitrogen and oxygen atoms in total. The normalized spacial score (nSPS) is 20.4. The van der Waals surface area contributed by atoms with Crippen LogP contribution in [0.15, 0.2) is 22.9 Å². The van der Waals surface area contributed by atoms with Crippen LogP contribution >= 0.6 is 0 Å². The van der Waals surface area contributed by atoms with Crippen molar-refractivity contribution in [2.24, 2.45) is 7.05 Å². The molecule has 2 fully saturated rings. The van der Waals surface area contributed by atoms with E-state index in [-0.39, 0.29) is 17.9 Å². The van der Waals surface area contributed by atoms with Crippen molar-refractivity contribution in [3.05, 3.63) is 35.7 Å². The lowest BCUT2D eigenvalue weighted by Crippen LogP contribution is -2.47. The first-order valence-electron chi connectivity index (χ1n) is 10.2. The molecule has 2 aromatic heterocycles. The Morgan fingerprint density at radius 2 is 1.97 bits per heavy atom. The predicted octanol–water partition coefficient (Wildman–Crippen LogP) is 1.09. The van der Waals surface area contributed by atoms with Gasteiger partial charge in [-0.25, -0.2) is 0 Å². The second-order valence-electron chi connectivity index (χ2n) is 7.89. The van der Waals surface area contributed by atoms with Crippen molar-refractivity contribution in [1.82, 2.24) is 29.4 Å². The monoisotopic (exact) mass is 400 g/mol. The highest BCUT2D eigenvalue weighted by Gasteiger charge is 2.34. The molecule has 9 heteroatoms. The van der Waals surface area contributed by atoms with Crippen LogP contribution in [0.1, 0.15) is 47.5 Å². The van der Waals surface area contributed by atoms with Crippen molar-refractivity contribution in [3.8, 4) is 0 Å². The molecule has 156 valence electrons. The summed E-state index contributed by atoms with van der Waals surface area (Å²) >= 11 is 0. The molecule has 0 bridgehead atoms. The van der Waals surface area contributed by atoms with Crippen molar-refractivity contribution in [3.63, 3.8) is 0 Å². The number of hydrogen-bond acceptors (Lipinski definition) is 6. The molecule has 1 unspecified atom stereocenters. The van der Waals surface area contributed by atoms with Gasteiger partial charge in [-0.3, -0.25) is 9.59 Å². The van der Waals surface area contributed by atoms with Gasteiger partial charge >= 0.3 is 0 Å². The average Bonchev–Trinajstić information content (AvgIpc) is 3.46. The van der Waals surface area contributed by atoms with E-state index in [1.54, 1.807) is 0 Å². The molecule has 0 radical (unpaired) electrons. The first kappa shape index (κ1) is 19.6. The molecule has 2 aromatic rings. The van der Waals surface area contributed by atoms with Gasteiger partial charge in [0.15, 0.2) is 5.82 Å². The molecule has 1 atom stereocenters. The minimum Gasteiger partial charge on any atom is -0.347 e. The average molecular weight is 400 g/mol. The fraction of sp³-hybridized carbons (Fsp3) is 0.600. The highest BCUT2D eigenvalue weighted by Crippen LogP contribution is 2.31. The quantitative estimate of drug-likeness (QED) is 0.747. The summed E-state index contributed by atoms with van der Waals surface area (Å²) in [4.78, 5) is 35.7. The molecule has 4 rings (SSSR count). The van der Waals surface area contributed by atoms with Crippen molar-refractivity contribution in [2.45, 2.75) is 31.7 Å². The Morgan fingerprint density at radius 1 is 1.17 bits per heavy atom. The van der Waals surface area contributed by atoms with Gasteiger partial charge in [0, 0.05) is 58.8 Å². The Labute approximate surface area is 170 Å². The number of likely N-dealkylation sites (N-methyl/N-ethyl adjacent to an activating group) is 1. The highest BCUT2D eigenvalue weighted by atomic mass is 16.5. The zero-order chi connectivity index (χ0) is 20.4. The van der Waals surface area contributed by atoms with E-state index >= 15 is 0 Å². The van der Waals surface area contributed by atoms with Crippen molar-refractivity contribution < 1.29 is 14.1 Å². The lowest BCUT2D eigenvalue weighted by atomic mass is 10.2. The summed E-state index contributed by atoms with van der Waals surface area (Å²) in [6.45, 7) is 4.03. The van der Waals surface area contributed by atoms with Crippen molar-refractivity contribution >= 4 is 11.8 Å². The number of aromatic nitrogens is 3. The number of amides is 2. The fourth-order valence-corrected chi connectivity index (χ4v) is 4.04. The zero-order valence-electron chi connectivity index (χ0n) is 17.1. The molecule has 4 heterocycles. The van der Waals surface area contributed by atoms with Gasteiger partial charge in [-0.2, -0.15) is 4.98 Å². The Balaban J connectivity index is 1.36. The minimum absolute atomic E-state index is 0.0170. The molecular weight excluding hydrogens is 372 g/mol. The van der Waals surface area contributed by atoms with E-state index in [1.807, 2.05) is 39.7 Å². The first-order valence-corrected chi connectivity index (χ1v) is 10.2. The molecule has 2 amide bonds.